The Labute approximate surface area is 113 Å². The summed E-state index contributed by atoms with van der Waals surface area (Å²) in [4.78, 5) is 18.7. The molecule has 1 aromatic heterocycles. The summed E-state index contributed by atoms with van der Waals surface area (Å²) in [5, 5.41) is 0. The van der Waals surface area contributed by atoms with Crippen LogP contribution in [0, 0.1) is 5.92 Å². The van der Waals surface area contributed by atoms with Gasteiger partial charge in [-0.25, -0.2) is 4.98 Å². The molecule has 1 saturated heterocycles. The van der Waals surface area contributed by atoms with E-state index in [2.05, 4.69) is 23.7 Å². The van der Waals surface area contributed by atoms with Crippen molar-refractivity contribution < 1.29 is 0 Å². The van der Waals surface area contributed by atoms with Crippen LogP contribution in [0.4, 0.5) is 5.82 Å². The van der Waals surface area contributed by atoms with E-state index in [9.17, 15) is 4.79 Å². The van der Waals surface area contributed by atoms with Gasteiger partial charge >= 0.3 is 0 Å². The van der Waals surface area contributed by atoms with Crippen LogP contribution in [-0.4, -0.2) is 28.0 Å². The number of alkyl halides is 1. The van der Waals surface area contributed by atoms with Gasteiger partial charge in [0.15, 0.2) is 5.82 Å². The Balaban J connectivity index is 2.31. The second-order valence-electron chi connectivity index (χ2n) is 5.25. The highest BCUT2D eigenvalue weighted by Gasteiger charge is 2.27. The van der Waals surface area contributed by atoms with Crippen LogP contribution in [0.15, 0.2) is 17.2 Å². The Hall–Kier alpha value is -1.03. The van der Waals surface area contributed by atoms with Gasteiger partial charge in [-0.15, -0.1) is 11.6 Å². The number of hydrogen-bond acceptors (Lipinski definition) is 3. The fraction of sp³-hybridized carbons (Fsp3) is 0.692. The fourth-order valence-electron chi connectivity index (χ4n) is 2.44. The molecule has 4 nitrogen and oxygen atoms in total. The van der Waals surface area contributed by atoms with E-state index in [4.69, 9.17) is 11.6 Å². The molecule has 0 saturated carbocycles. The third kappa shape index (κ3) is 2.69. The average molecular weight is 270 g/mol. The van der Waals surface area contributed by atoms with Crippen molar-refractivity contribution in [2.75, 3.05) is 17.3 Å². The van der Waals surface area contributed by atoms with Crippen LogP contribution in [-0.2, 0) is 6.54 Å². The third-order valence-corrected chi connectivity index (χ3v) is 3.64. The van der Waals surface area contributed by atoms with Crippen molar-refractivity contribution in [3.63, 3.8) is 0 Å². The van der Waals surface area contributed by atoms with E-state index in [-0.39, 0.29) is 11.6 Å². The van der Waals surface area contributed by atoms with Crippen LogP contribution in [0.2, 0.25) is 0 Å². The van der Waals surface area contributed by atoms with Crippen molar-refractivity contribution in [3.8, 4) is 0 Å². The van der Waals surface area contributed by atoms with Gasteiger partial charge in [0.25, 0.3) is 5.56 Å². The van der Waals surface area contributed by atoms with Crippen molar-refractivity contribution in [1.29, 1.82) is 0 Å². The summed E-state index contributed by atoms with van der Waals surface area (Å²) in [5.74, 6) is 1.56. The lowest BCUT2D eigenvalue weighted by Gasteiger charge is -2.23. The van der Waals surface area contributed by atoms with E-state index in [1.54, 1.807) is 17.0 Å². The molecule has 1 fully saturated rings. The SMILES string of the molecule is CC(C)Cn1ccnc(N2CCCC2CCl)c1=O. The van der Waals surface area contributed by atoms with Crippen molar-refractivity contribution in [1.82, 2.24) is 9.55 Å². The third-order valence-electron chi connectivity index (χ3n) is 3.28. The predicted octanol–water partition coefficient (Wildman–Crippen LogP) is 2.11. The summed E-state index contributed by atoms with van der Waals surface area (Å²) in [6, 6.07) is 0.252. The van der Waals surface area contributed by atoms with E-state index in [0.29, 0.717) is 17.6 Å². The lowest BCUT2D eigenvalue weighted by atomic mass is 10.2. The summed E-state index contributed by atoms with van der Waals surface area (Å²) in [7, 11) is 0. The lowest BCUT2D eigenvalue weighted by molar-refractivity contribution is 0.507. The van der Waals surface area contributed by atoms with Crippen molar-refractivity contribution >= 4 is 17.4 Å². The van der Waals surface area contributed by atoms with Gasteiger partial charge in [-0.05, 0) is 18.8 Å². The smallest absolute Gasteiger partial charge is 0.293 e. The molecule has 2 heterocycles. The van der Waals surface area contributed by atoms with Gasteiger partial charge in [0.2, 0.25) is 0 Å². The van der Waals surface area contributed by atoms with Crippen LogP contribution < -0.4 is 10.5 Å². The summed E-state index contributed by atoms with van der Waals surface area (Å²) in [5.41, 5.74) is 0.00298. The Kier molecular flexibility index (Phi) is 4.27. The van der Waals surface area contributed by atoms with Crippen LogP contribution in [0.1, 0.15) is 26.7 Å². The van der Waals surface area contributed by atoms with Gasteiger partial charge in [-0.1, -0.05) is 13.8 Å². The molecule has 1 aromatic rings. The molecule has 0 spiro atoms. The number of rotatable bonds is 4. The highest BCUT2D eigenvalue weighted by atomic mass is 35.5. The molecule has 5 heteroatoms. The molecule has 0 amide bonds. The molecule has 1 aliphatic heterocycles. The zero-order chi connectivity index (χ0) is 13.1. The molecule has 2 rings (SSSR count). The monoisotopic (exact) mass is 269 g/mol. The molecule has 18 heavy (non-hydrogen) atoms. The second-order valence-corrected chi connectivity index (χ2v) is 5.55. The minimum absolute atomic E-state index is 0.00298. The summed E-state index contributed by atoms with van der Waals surface area (Å²) in [6.45, 7) is 5.81. The topological polar surface area (TPSA) is 38.1 Å². The molecule has 0 radical (unpaired) electrons. The Morgan fingerprint density at radius 2 is 2.33 bits per heavy atom. The largest absolute Gasteiger partial charge is 0.348 e. The Bertz CT molecular complexity index is 458. The number of halogens is 1. The minimum Gasteiger partial charge on any atom is -0.348 e. The molecule has 0 bridgehead atoms. The van der Waals surface area contributed by atoms with E-state index >= 15 is 0 Å². The molecule has 1 unspecified atom stereocenters. The molecular formula is C13H20ClN3O. The van der Waals surface area contributed by atoms with E-state index in [1.165, 1.54) is 0 Å². The molecule has 1 aliphatic rings. The van der Waals surface area contributed by atoms with Crippen molar-refractivity contribution in [2.45, 2.75) is 39.3 Å². The van der Waals surface area contributed by atoms with Crippen molar-refractivity contribution in [2.24, 2.45) is 5.92 Å². The Morgan fingerprint density at radius 1 is 1.56 bits per heavy atom. The summed E-state index contributed by atoms with van der Waals surface area (Å²) >= 11 is 5.95. The normalized spacial score (nSPS) is 19.8. The first-order valence-electron chi connectivity index (χ1n) is 6.51. The zero-order valence-electron chi connectivity index (χ0n) is 11.0. The molecule has 100 valence electrons. The molecule has 1 atom stereocenters. The number of aromatic nitrogens is 2. The van der Waals surface area contributed by atoms with Crippen LogP contribution in [0.25, 0.3) is 0 Å². The van der Waals surface area contributed by atoms with Crippen LogP contribution >= 0.6 is 11.6 Å². The predicted molar refractivity (Wildman–Crippen MR) is 74.4 cm³/mol. The highest BCUT2D eigenvalue weighted by Crippen LogP contribution is 2.21. The number of anilines is 1. The van der Waals surface area contributed by atoms with E-state index in [0.717, 1.165) is 25.9 Å². The molecule has 0 N–H and O–H groups in total. The van der Waals surface area contributed by atoms with Crippen molar-refractivity contribution in [3.05, 3.63) is 22.7 Å². The maximum Gasteiger partial charge on any atom is 0.293 e. The zero-order valence-corrected chi connectivity index (χ0v) is 11.7. The highest BCUT2D eigenvalue weighted by molar-refractivity contribution is 6.18. The van der Waals surface area contributed by atoms with Crippen LogP contribution in [0.5, 0.6) is 0 Å². The Morgan fingerprint density at radius 3 is 3.00 bits per heavy atom. The van der Waals surface area contributed by atoms with Gasteiger partial charge in [0.1, 0.15) is 0 Å². The van der Waals surface area contributed by atoms with Gasteiger partial charge < -0.3 is 9.47 Å². The number of hydrogen-bond donors (Lipinski definition) is 0. The van der Waals surface area contributed by atoms with Gasteiger partial charge in [0.05, 0.1) is 0 Å². The second kappa shape index (κ2) is 5.74. The fourth-order valence-corrected chi connectivity index (χ4v) is 2.77. The van der Waals surface area contributed by atoms with E-state index in [1.807, 2.05) is 0 Å². The maximum absolute atomic E-state index is 12.4. The molecule has 0 aromatic carbocycles. The summed E-state index contributed by atoms with van der Waals surface area (Å²) in [6.07, 6.45) is 5.60. The maximum atomic E-state index is 12.4. The molecule has 0 aliphatic carbocycles. The van der Waals surface area contributed by atoms with E-state index < -0.39 is 0 Å². The number of nitrogens with zero attached hydrogens (tertiary/aromatic N) is 3. The van der Waals surface area contributed by atoms with Gasteiger partial charge in [-0.3, -0.25) is 4.79 Å². The molecular weight excluding hydrogens is 250 g/mol. The average Bonchev–Trinajstić information content (AvgIpc) is 2.79. The minimum atomic E-state index is 0.00298. The first kappa shape index (κ1) is 13.4. The quantitative estimate of drug-likeness (QED) is 0.786. The first-order valence-corrected chi connectivity index (χ1v) is 7.05. The standard InChI is InChI=1S/C13H20ClN3O/c1-10(2)9-16-7-5-15-12(13(16)18)17-6-3-4-11(17)8-14/h5,7,10-11H,3-4,6,8-9H2,1-2H3. The lowest BCUT2D eigenvalue weighted by Crippen LogP contribution is -2.37. The van der Waals surface area contributed by atoms with Gasteiger partial charge in [-0.2, -0.15) is 0 Å². The van der Waals surface area contributed by atoms with Crippen LogP contribution in [0.3, 0.4) is 0 Å². The first-order chi connectivity index (χ1) is 8.63. The van der Waals surface area contributed by atoms with Gasteiger partial charge in [0, 0.05) is 37.4 Å². The summed E-state index contributed by atoms with van der Waals surface area (Å²) < 4.78 is 1.75.